The first-order valence-electron chi connectivity index (χ1n) is 7.53. The first kappa shape index (κ1) is 13.1. The largest absolute Gasteiger partial charge is 0.327 e. The summed E-state index contributed by atoms with van der Waals surface area (Å²) in [5.41, 5.74) is 6.46. The van der Waals surface area contributed by atoms with E-state index in [1.54, 1.807) is 6.33 Å². The SMILES string of the molecule is CCn1ncnc1CC(N)C1CC2CCC(C1)N2C. The van der Waals surface area contributed by atoms with Crippen LogP contribution in [0, 0.1) is 5.92 Å². The van der Waals surface area contributed by atoms with Crippen molar-refractivity contribution in [3.05, 3.63) is 12.2 Å². The van der Waals surface area contributed by atoms with Gasteiger partial charge < -0.3 is 10.6 Å². The van der Waals surface area contributed by atoms with Crippen LogP contribution in [0.2, 0.25) is 0 Å². The number of rotatable bonds is 4. The molecule has 19 heavy (non-hydrogen) atoms. The monoisotopic (exact) mass is 263 g/mol. The van der Waals surface area contributed by atoms with Gasteiger partial charge in [0.15, 0.2) is 0 Å². The van der Waals surface area contributed by atoms with Crippen LogP contribution >= 0.6 is 0 Å². The molecule has 3 heterocycles. The minimum Gasteiger partial charge on any atom is -0.327 e. The molecule has 3 unspecified atom stereocenters. The summed E-state index contributed by atoms with van der Waals surface area (Å²) in [6.45, 7) is 2.97. The van der Waals surface area contributed by atoms with E-state index in [2.05, 4.69) is 29.0 Å². The Hall–Kier alpha value is -0.940. The Balaban J connectivity index is 1.64. The Labute approximate surface area is 115 Å². The van der Waals surface area contributed by atoms with Crippen molar-refractivity contribution >= 4 is 0 Å². The molecule has 2 fully saturated rings. The van der Waals surface area contributed by atoms with Crippen LogP contribution in [-0.4, -0.2) is 44.8 Å². The van der Waals surface area contributed by atoms with E-state index in [0.717, 1.165) is 30.9 Å². The molecule has 0 radical (unpaired) electrons. The molecule has 5 nitrogen and oxygen atoms in total. The van der Waals surface area contributed by atoms with E-state index in [-0.39, 0.29) is 6.04 Å². The third-order valence-electron chi connectivity index (χ3n) is 5.15. The molecule has 5 heteroatoms. The van der Waals surface area contributed by atoms with Gasteiger partial charge in [-0.2, -0.15) is 5.10 Å². The second-order valence-electron chi connectivity index (χ2n) is 6.14. The summed E-state index contributed by atoms with van der Waals surface area (Å²) >= 11 is 0. The number of aryl methyl sites for hydroxylation is 1. The topological polar surface area (TPSA) is 60.0 Å². The highest BCUT2D eigenvalue weighted by Gasteiger charge is 2.40. The molecular formula is C14H25N5. The molecule has 3 rings (SSSR count). The van der Waals surface area contributed by atoms with Gasteiger partial charge in [-0.1, -0.05) is 0 Å². The van der Waals surface area contributed by atoms with E-state index in [9.17, 15) is 0 Å². The molecule has 106 valence electrons. The molecule has 0 aromatic carbocycles. The lowest BCUT2D eigenvalue weighted by atomic mass is 9.84. The average molecular weight is 263 g/mol. The van der Waals surface area contributed by atoms with Gasteiger partial charge in [-0.15, -0.1) is 0 Å². The van der Waals surface area contributed by atoms with Crippen molar-refractivity contribution in [2.24, 2.45) is 11.7 Å². The number of piperidine rings is 1. The summed E-state index contributed by atoms with van der Waals surface area (Å²) in [6, 6.07) is 1.75. The maximum Gasteiger partial charge on any atom is 0.138 e. The van der Waals surface area contributed by atoms with Crippen molar-refractivity contribution < 1.29 is 0 Å². The van der Waals surface area contributed by atoms with Crippen LogP contribution in [0.25, 0.3) is 0 Å². The Morgan fingerprint density at radius 3 is 2.68 bits per heavy atom. The summed E-state index contributed by atoms with van der Waals surface area (Å²) < 4.78 is 1.96. The summed E-state index contributed by atoms with van der Waals surface area (Å²) in [7, 11) is 2.28. The van der Waals surface area contributed by atoms with Crippen molar-refractivity contribution in [3.63, 3.8) is 0 Å². The lowest BCUT2D eigenvalue weighted by Crippen LogP contribution is -2.46. The minimum absolute atomic E-state index is 0.228. The van der Waals surface area contributed by atoms with Crippen LogP contribution < -0.4 is 5.73 Å². The Morgan fingerprint density at radius 1 is 1.37 bits per heavy atom. The Morgan fingerprint density at radius 2 is 2.05 bits per heavy atom. The standard InChI is InChI=1S/C14H25N5/c1-3-19-14(16-9-17-19)8-13(15)10-6-11-4-5-12(7-10)18(11)2/h9-13H,3-8,15H2,1-2H3. The van der Waals surface area contributed by atoms with Crippen molar-refractivity contribution in [2.75, 3.05) is 7.05 Å². The molecule has 0 amide bonds. The van der Waals surface area contributed by atoms with Gasteiger partial charge in [-0.3, -0.25) is 4.68 Å². The van der Waals surface area contributed by atoms with E-state index in [4.69, 9.17) is 5.73 Å². The second-order valence-corrected chi connectivity index (χ2v) is 6.14. The molecule has 0 saturated carbocycles. The molecule has 2 aliphatic rings. The van der Waals surface area contributed by atoms with Crippen molar-refractivity contribution in [2.45, 2.75) is 63.7 Å². The summed E-state index contributed by atoms with van der Waals surface area (Å²) in [5, 5.41) is 4.23. The quantitative estimate of drug-likeness (QED) is 0.882. The van der Waals surface area contributed by atoms with Gasteiger partial charge in [-0.05, 0) is 45.6 Å². The Kier molecular flexibility index (Phi) is 3.58. The van der Waals surface area contributed by atoms with E-state index < -0.39 is 0 Å². The normalized spacial score (nSPS) is 32.7. The number of nitrogens with two attached hydrogens (primary N) is 1. The minimum atomic E-state index is 0.228. The van der Waals surface area contributed by atoms with E-state index in [1.807, 2.05) is 4.68 Å². The third-order valence-corrected chi connectivity index (χ3v) is 5.15. The lowest BCUT2D eigenvalue weighted by molar-refractivity contribution is 0.120. The zero-order valence-electron chi connectivity index (χ0n) is 12.0. The van der Waals surface area contributed by atoms with Gasteiger partial charge in [0.2, 0.25) is 0 Å². The van der Waals surface area contributed by atoms with Crippen LogP contribution in [0.15, 0.2) is 6.33 Å². The molecule has 2 saturated heterocycles. The molecule has 2 bridgehead atoms. The zero-order chi connectivity index (χ0) is 13.4. The number of hydrogen-bond acceptors (Lipinski definition) is 4. The fourth-order valence-electron chi connectivity index (χ4n) is 3.89. The molecule has 0 spiro atoms. The van der Waals surface area contributed by atoms with Crippen LogP contribution in [0.4, 0.5) is 0 Å². The predicted molar refractivity (Wildman–Crippen MR) is 74.7 cm³/mol. The molecular weight excluding hydrogens is 238 g/mol. The van der Waals surface area contributed by atoms with Gasteiger partial charge in [-0.25, -0.2) is 4.98 Å². The molecule has 2 N–H and O–H groups in total. The summed E-state index contributed by atoms with van der Waals surface area (Å²) in [5.74, 6) is 1.69. The highest BCUT2D eigenvalue weighted by atomic mass is 15.3. The molecule has 3 atom stereocenters. The highest BCUT2D eigenvalue weighted by Crippen LogP contribution is 2.38. The van der Waals surface area contributed by atoms with Gasteiger partial charge >= 0.3 is 0 Å². The van der Waals surface area contributed by atoms with Gasteiger partial charge in [0.1, 0.15) is 12.2 Å². The first-order chi connectivity index (χ1) is 9.19. The number of nitrogens with zero attached hydrogens (tertiary/aromatic N) is 4. The van der Waals surface area contributed by atoms with Crippen molar-refractivity contribution in [1.29, 1.82) is 0 Å². The van der Waals surface area contributed by atoms with E-state index in [1.165, 1.54) is 25.7 Å². The van der Waals surface area contributed by atoms with Crippen molar-refractivity contribution in [3.8, 4) is 0 Å². The molecule has 1 aromatic rings. The smallest absolute Gasteiger partial charge is 0.138 e. The van der Waals surface area contributed by atoms with Gasteiger partial charge in [0.25, 0.3) is 0 Å². The zero-order valence-corrected chi connectivity index (χ0v) is 12.0. The lowest BCUT2D eigenvalue weighted by Gasteiger charge is -2.38. The first-order valence-corrected chi connectivity index (χ1v) is 7.53. The molecule has 1 aromatic heterocycles. The number of aromatic nitrogens is 3. The van der Waals surface area contributed by atoms with Gasteiger partial charge in [0.05, 0.1) is 0 Å². The van der Waals surface area contributed by atoms with E-state index in [0.29, 0.717) is 5.92 Å². The van der Waals surface area contributed by atoms with E-state index >= 15 is 0 Å². The van der Waals surface area contributed by atoms with Crippen LogP contribution in [0.5, 0.6) is 0 Å². The third kappa shape index (κ3) is 2.41. The van der Waals surface area contributed by atoms with Crippen LogP contribution in [0.3, 0.4) is 0 Å². The fraction of sp³-hybridized carbons (Fsp3) is 0.857. The highest BCUT2D eigenvalue weighted by molar-refractivity contribution is 4.99. The average Bonchev–Trinajstić information content (AvgIpc) is 2.90. The molecule has 2 aliphatic heterocycles. The fourth-order valence-corrected chi connectivity index (χ4v) is 3.89. The van der Waals surface area contributed by atoms with Gasteiger partial charge in [0, 0.05) is 31.1 Å². The summed E-state index contributed by atoms with van der Waals surface area (Å²) in [6.07, 6.45) is 7.74. The maximum absolute atomic E-state index is 6.46. The number of fused-ring (bicyclic) bond motifs is 2. The maximum atomic E-state index is 6.46. The van der Waals surface area contributed by atoms with Crippen LogP contribution in [0.1, 0.15) is 38.4 Å². The predicted octanol–water partition coefficient (Wildman–Crippen LogP) is 1.04. The number of hydrogen-bond donors (Lipinski definition) is 1. The molecule has 0 aliphatic carbocycles. The Bertz CT molecular complexity index is 415. The van der Waals surface area contributed by atoms with Crippen molar-refractivity contribution in [1.82, 2.24) is 19.7 Å². The summed E-state index contributed by atoms with van der Waals surface area (Å²) in [4.78, 5) is 6.92. The second kappa shape index (κ2) is 5.21. The van der Waals surface area contributed by atoms with Crippen LogP contribution in [-0.2, 0) is 13.0 Å².